The first kappa shape index (κ1) is 20.8. The number of nitrogen functional groups attached to an aromatic ring is 1. The molecule has 4 aromatic rings. The summed E-state index contributed by atoms with van der Waals surface area (Å²) in [6.07, 6.45) is 0.928. The number of esters is 1. The minimum absolute atomic E-state index is 0.268. The monoisotopic (exact) mass is 416 g/mol. The molecule has 2 N–H and O–H groups in total. The van der Waals surface area contributed by atoms with Crippen molar-refractivity contribution in [2.75, 3.05) is 12.3 Å². The Kier molecular flexibility index (Phi) is 5.63. The van der Waals surface area contributed by atoms with Crippen molar-refractivity contribution in [2.24, 2.45) is 5.92 Å². The maximum Gasteiger partial charge on any atom is 0.344 e. The van der Waals surface area contributed by atoms with Crippen molar-refractivity contribution >= 4 is 34.0 Å². The van der Waals surface area contributed by atoms with Gasteiger partial charge in [-0.3, -0.25) is 4.57 Å². The lowest BCUT2D eigenvalue weighted by atomic mass is 10.0. The van der Waals surface area contributed by atoms with Gasteiger partial charge in [0.2, 0.25) is 0 Å². The fraction of sp³-hybridized carbons (Fsp3) is 0.320. The van der Waals surface area contributed by atoms with E-state index in [4.69, 9.17) is 20.4 Å². The largest absolute Gasteiger partial charge is 0.462 e. The van der Waals surface area contributed by atoms with Gasteiger partial charge in [-0.25, -0.2) is 14.8 Å². The van der Waals surface area contributed by atoms with Crippen LogP contribution in [-0.4, -0.2) is 27.1 Å². The Balaban J connectivity index is 1.91. The summed E-state index contributed by atoms with van der Waals surface area (Å²) in [5.41, 5.74) is 11.3. The number of nitrogens with zero attached hydrogens (tertiary/aromatic N) is 3. The normalized spacial score (nSPS) is 12.5. The molecule has 0 spiro atoms. The third-order valence-corrected chi connectivity index (χ3v) is 5.72. The average Bonchev–Trinajstić information content (AvgIpc) is 3.06. The van der Waals surface area contributed by atoms with Crippen LogP contribution in [0.1, 0.15) is 56.0 Å². The molecule has 160 valence electrons. The van der Waals surface area contributed by atoms with Crippen molar-refractivity contribution in [3.8, 4) is 5.69 Å². The van der Waals surface area contributed by atoms with Gasteiger partial charge in [-0.1, -0.05) is 58.4 Å². The first-order valence-electron chi connectivity index (χ1n) is 10.7. The molecule has 2 aromatic carbocycles. The van der Waals surface area contributed by atoms with Gasteiger partial charge in [-0.05, 0) is 41.7 Å². The van der Waals surface area contributed by atoms with Crippen LogP contribution in [0.25, 0.3) is 27.9 Å². The molecule has 2 aromatic heterocycles. The van der Waals surface area contributed by atoms with E-state index >= 15 is 0 Å². The maximum absolute atomic E-state index is 13.0. The third kappa shape index (κ3) is 3.85. The first-order chi connectivity index (χ1) is 14.9. The summed E-state index contributed by atoms with van der Waals surface area (Å²) in [6.45, 7) is 8.75. The number of hydrogen-bond donors (Lipinski definition) is 1. The molecule has 4 rings (SSSR count). The van der Waals surface area contributed by atoms with E-state index in [1.165, 1.54) is 5.56 Å². The van der Waals surface area contributed by atoms with Crippen molar-refractivity contribution in [3.05, 3.63) is 59.7 Å². The Morgan fingerprint density at radius 2 is 1.68 bits per heavy atom. The van der Waals surface area contributed by atoms with Crippen molar-refractivity contribution in [1.29, 1.82) is 0 Å². The minimum atomic E-state index is -0.468. The maximum atomic E-state index is 13.0. The Morgan fingerprint density at radius 1 is 1.03 bits per heavy atom. The molecule has 31 heavy (non-hydrogen) atoms. The van der Waals surface area contributed by atoms with Gasteiger partial charge in [0.1, 0.15) is 16.9 Å². The van der Waals surface area contributed by atoms with Crippen LogP contribution >= 0.6 is 0 Å². The molecule has 0 aliphatic carbocycles. The highest BCUT2D eigenvalue weighted by Gasteiger charge is 2.26. The van der Waals surface area contributed by atoms with Crippen LogP contribution in [0.4, 0.5) is 5.82 Å². The van der Waals surface area contributed by atoms with E-state index in [0.29, 0.717) is 29.2 Å². The predicted octanol–water partition coefficient (Wildman–Crippen LogP) is 5.48. The third-order valence-electron chi connectivity index (χ3n) is 5.72. The molecular weight excluding hydrogens is 388 g/mol. The molecule has 2 heterocycles. The summed E-state index contributed by atoms with van der Waals surface area (Å²) in [5.74, 6) is 0.512. The molecule has 1 unspecified atom stereocenters. The molecule has 0 saturated carbocycles. The molecule has 0 bridgehead atoms. The number of fused-ring (bicyclic) bond motifs is 2. The van der Waals surface area contributed by atoms with Crippen molar-refractivity contribution in [1.82, 2.24) is 14.5 Å². The molecule has 0 saturated heterocycles. The number of carbonyl (C=O) groups is 1. The Hall–Kier alpha value is -3.41. The van der Waals surface area contributed by atoms with Crippen LogP contribution in [0, 0.1) is 5.92 Å². The number of nitrogens with two attached hydrogens (primary N) is 1. The summed E-state index contributed by atoms with van der Waals surface area (Å²) in [5, 5.41) is 0. The summed E-state index contributed by atoms with van der Waals surface area (Å²) in [6, 6.07) is 15.7. The first-order valence-corrected chi connectivity index (χ1v) is 10.7. The zero-order valence-corrected chi connectivity index (χ0v) is 18.4. The fourth-order valence-corrected chi connectivity index (χ4v) is 3.54. The number of aromatic nitrogens is 3. The second-order valence-electron chi connectivity index (χ2n) is 8.34. The van der Waals surface area contributed by atoms with E-state index in [0.717, 1.165) is 17.6 Å². The van der Waals surface area contributed by atoms with Crippen LogP contribution in [0.5, 0.6) is 0 Å². The average molecular weight is 417 g/mol. The van der Waals surface area contributed by atoms with Crippen LogP contribution in [0.2, 0.25) is 0 Å². The molecule has 0 fully saturated rings. The zero-order valence-electron chi connectivity index (χ0n) is 18.4. The smallest absolute Gasteiger partial charge is 0.344 e. The van der Waals surface area contributed by atoms with Crippen LogP contribution in [0.3, 0.4) is 0 Å². The number of benzene rings is 2. The van der Waals surface area contributed by atoms with Gasteiger partial charge in [-0.15, -0.1) is 0 Å². The van der Waals surface area contributed by atoms with Gasteiger partial charge in [0.05, 0.1) is 17.6 Å². The second-order valence-corrected chi connectivity index (χ2v) is 8.34. The molecule has 0 amide bonds. The summed E-state index contributed by atoms with van der Waals surface area (Å²) in [7, 11) is 0. The summed E-state index contributed by atoms with van der Waals surface area (Å²) < 4.78 is 7.37. The van der Waals surface area contributed by atoms with Crippen LogP contribution in [-0.2, 0) is 4.74 Å². The Morgan fingerprint density at radius 3 is 2.29 bits per heavy atom. The quantitative estimate of drug-likeness (QED) is 0.421. The van der Waals surface area contributed by atoms with Gasteiger partial charge in [0.15, 0.2) is 5.65 Å². The second kappa shape index (κ2) is 8.38. The molecule has 6 heteroatoms. The van der Waals surface area contributed by atoms with Crippen molar-refractivity contribution < 1.29 is 9.53 Å². The standard InChI is InChI=1S/C25H28N4O2/c1-5-16(4)14-31-25(30)21-22-24(28-20-9-7-6-8-19(20)27-22)29(23(21)26)18-12-10-17(11-13-18)15(2)3/h6-13,15-16H,5,14,26H2,1-4H3. The van der Waals surface area contributed by atoms with E-state index in [1.54, 1.807) is 4.57 Å². The number of rotatable bonds is 6. The van der Waals surface area contributed by atoms with Crippen molar-refractivity contribution in [3.63, 3.8) is 0 Å². The highest BCUT2D eigenvalue weighted by atomic mass is 16.5. The number of anilines is 1. The highest BCUT2D eigenvalue weighted by molar-refractivity contribution is 6.09. The van der Waals surface area contributed by atoms with E-state index in [-0.39, 0.29) is 17.3 Å². The number of ether oxygens (including phenoxy) is 1. The lowest BCUT2D eigenvalue weighted by Gasteiger charge is -2.11. The highest BCUT2D eigenvalue weighted by Crippen LogP contribution is 2.32. The van der Waals surface area contributed by atoms with Gasteiger partial charge in [-0.2, -0.15) is 0 Å². The number of hydrogen-bond acceptors (Lipinski definition) is 5. The van der Waals surface area contributed by atoms with E-state index < -0.39 is 5.97 Å². The lowest BCUT2D eigenvalue weighted by molar-refractivity contribution is 0.0450. The summed E-state index contributed by atoms with van der Waals surface area (Å²) >= 11 is 0. The summed E-state index contributed by atoms with van der Waals surface area (Å²) in [4.78, 5) is 22.6. The molecule has 0 aliphatic heterocycles. The fourth-order valence-electron chi connectivity index (χ4n) is 3.54. The SMILES string of the molecule is CCC(C)COC(=O)c1c(N)n(-c2ccc(C(C)C)cc2)c2nc3ccccc3nc12. The molecule has 6 nitrogen and oxygen atoms in total. The predicted molar refractivity (Wildman–Crippen MR) is 125 cm³/mol. The molecular formula is C25H28N4O2. The van der Waals surface area contributed by atoms with Gasteiger partial charge in [0, 0.05) is 5.69 Å². The van der Waals surface area contributed by atoms with Gasteiger partial charge < -0.3 is 10.5 Å². The van der Waals surface area contributed by atoms with Crippen LogP contribution in [0.15, 0.2) is 48.5 Å². The van der Waals surface area contributed by atoms with E-state index in [9.17, 15) is 4.79 Å². The molecule has 1 atom stereocenters. The Labute approximate surface area is 182 Å². The van der Waals surface area contributed by atoms with E-state index in [2.05, 4.69) is 32.9 Å². The van der Waals surface area contributed by atoms with Gasteiger partial charge >= 0.3 is 5.97 Å². The minimum Gasteiger partial charge on any atom is -0.462 e. The number of para-hydroxylation sites is 2. The Bertz CT molecular complexity index is 1240. The molecule has 0 aliphatic rings. The number of carbonyl (C=O) groups excluding carboxylic acids is 1. The molecule has 0 radical (unpaired) electrons. The van der Waals surface area contributed by atoms with Gasteiger partial charge in [0.25, 0.3) is 0 Å². The lowest BCUT2D eigenvalue weighted by Crippen LogP contribution is -2.13. The van der Waals surface area contributed by atoms with Crippen LogP contribution < -0.4 is 5.73 Å². The van der Waals surface area contributed by atoms with Crippen molar-refractivity contribution in [2.45, 2.75) is 40.0 Å². The topological polar surface area (TPSA) is 83.0 Å². The zero-order chi connectivity index (χ0) is 22.1. The van der Waals surface area contributed by atoms with E-state index in [1.807, 2.05) is 43.3 Å².